The zero-order valence-corrected chi connectivity index (χ0v) is 18.1. The first-order chi connectivity index (χ1) is 16.0. The fourth-order valence-electron chi connectivity index (χ4n) is 3.37. The summed E-state index contributed by atoms with van der Waals surface area (Å²) >= 11 is 1.19. The second-order valence-corrected chi connectivity index (χ2v) is 7.99. The molecule has 33 heavy (non-hydrogen) atoms. The van der Waals surface area contributed by atoms with Crippen molar-refractivity contribution >= 4 is 28.1 Å². The number of nitrogens with zero attached hydrogens (tertiary/aromatic N) is 4. The number of aromatic nitrogens is 3. The molecule has 3 heterocycles. The number of nitro groups is 1. The van der Waals surface area contributed by atoms with Gasteiger partial charge < -0.3 is 9.15 Å². The van der Waals surface area contributed by atoms with E-state index >= 15 is 0 Å². The summed E-state index contributed by atoms with van der Waals surface area (Å²) in [5, 5.41) is 15.6. The van der Waals surface area contributed by atoms with Crippen LogP contribution < -0.4 is 14.8 Å². The highest BCUT2D eigenvalue weighted by Gasteiger charge is 2.17. The van der Waals surface area contributed by atoms with Gasteiger partial charge in [-0.3, -0.25) is 14.9 Å². The van der Waals surface area contributed by atoms with Crippen LogP contribution in [0, 0.1) is 10.1 Å². The van der Waals surface area contributed by atoms with Crippen LogP contribution in [0.15, 0.2) is 69.9 Å². The molecule has 0 atom stereocenters. The van der Waals surface area contributed by atoms with E-state index in [1.807, 2.05) is 31.2 Å². The van der Waals surface area contributed by atoms with Crippen LogP contribution in [0.4, 0.5) is 5.69 Å². The van der Waals surface area contributed by atoms with Gasteiger partial charge in [-0.2, -0.15) is 9.50 Å². The number of thiazole rings is 1. The third-order valence-electron chi connectivity index (χ3n) is 4.87. The molecule has 2 aromatic carbocycles. The second kappa shape index (κ2) is 8.32. The van der Waals surface area contributed by atoms with E-state index in [-0.39, 0.29) is 11.2 Å². The van der Waals surface area contributed by atoms with Gasteiger partial charge in [-0.1, -0.05) is 23.5 Å². The first kappa shape index (κ1) is 20.6. The minimum Gasteiger partial charge on any atom is -0.494 e. The third-order valence-corrected chi connectivity index (χ3v) is 5.83. The van der Waals surface area contributed by atoms with Gasteiger partial charge in [-0.05, 0) is 49.4 Å². The number of para-hydroxylation sites is 1. The lowest BCUT2D eigenvalue weighted by molar-refractivity contribution is -0.384. The number of fused-ring (bicyclic) bond motifs is 1. The monoisotopic (exact) mass is 460 g/mol. The van der Waals surface area contributed by atoms with E-state index in [4.69, 9.17) is 9.15 Å². The molecule has 0 N–H and O–H groups in total. The Morgan fingerprint density at radius 2 is 1.94 bits per heavy atom. The molecule has 0 aliphatic rings. The predicted octanol–water partition coefficient (Wildman–Crippen LogP) is 3.93. The zero-order valence-electron chi connectivity index (χ0n) is 17.3. The summed E-state index contributed by atoms with van der Waals surface area (Å²) in [6.45, 7) is 2.49. The molecule has 0 fully saturated rings. The smallest absolute Gasteiger partial charge is 0.291 e. The zero-order chi connectivity index (χ0) is 22.9. The number of furan rings is 1. The van der Waals surface area contributed by atoms with Crippen LogP contribution >= 0.6 is 11.3 Å². The lowest BCUT2D eigenvalue weighted by Gasteiger charge is -2.02. The molecular weight excluding hydrogens is 444 g/mol. The summed E-state index contributed by atoms with van der Waals surface area (Å²) in [6, 6.07) is 17.0. The van der Waals surface area contributed by atoms with Crippen LogP contribution in [-0.4, -0.2) is 26.1 Å². The molecule has 0 bridgehead atoms. The van der Waals surface area contributed by atoms with Crippen molar-refractivity contribution in [2.45, 2.75) is 6.92 Å². The van der Waals surface area contributed by atoms with Crippen molar-refractivity contribution < 1.29 is 14.1 Å². The van der Waals surface area contributed by atoms with Gasteiger partial charge in [0.2, 0.25) is 4.96 Å². The molecule has 0 saturated heterocycles. The van der Waals surface area contributed by atoms with Crippen molar-refractivity contribution in [1.82, 2.24) is 14.6 Å². The van der Waals surface area contributed by atoms with Crippen molar-refractivity contribution in [2.75, 3.05) is 6.61 Å². The molecule has 164 valence electrons. The van der Waals surface area contributed by atoms with E-state index in [2.05, 4.69) is 10.1 Å². The number of hydrogen-bond acceptors (Lipinski definition) is 8. The van der Waals surface area contributed by atoms with E-state index in [1.54, 1.807) is 36.4 Å². The number of rotatable bonds is 6. The Bertz CT molecular complexity index is 1580. The van der Waals surface area contributed by atoms with E-state index in [0.717, 1.165) is 11.3 Å². The number of ether oxygens (including phenoxy) is 1. The molecule has 9 nitrogen and oxygen atoms in total. The van der Waals surface area contributed by atoms with Gasteiger partial charge in [0.25, 0.3) is 11.2 Å². The van der Waals surface area contributed by atoms with Crippen molar-refractivity contribution in [1.29, 1.82) is 0 Å². The van der Waals surface area contributed by atoms with Crippen molar-refractivity contribution in [3.63, 3.8) is 0 Å². The number of benzene rings is 2. The largest absolute Gasteiger partial charge is 0.494 e. The Balaban J connectivity index is 1.47. The Morgan fingerprint density at radius 1 is 1.15 bits per heavy atom. The lowest BCUT2D eigenvalue weighted by atomic mass is 10.1. The van der Waals surface area contributed by atoms with Crippen LogP contribution in [0.3, 0.4) is 0 Å². The molecule has 0 spiro atoms. The molecule has 10 heteroatoms. The fourth-order valence-corrected chi connectivity index (χ4v) is 4.26. The van der Waals surface area contributed by atoms with Gasteiger partial charge >= 0.3 is 0 Å². The third kappa shape index (κ3) is 3.87. The lowest BCUT2D eigenvalue weighted by Crippen LogP contribution is -2.23. The van der Waals surface area contributed by atoms with Crippen LogP contribution in [0.2, 0.25) is 0 Å². The summed E-state index contributed by atoms with van der Waals surface area (Å²) in [4.78, 5) is 28.6. The van der Waals surface area contributed by atoms with Crippen LogP contribution in [0.1, 0.15) is 12.7 Å². The first-order valence-corrected chi connectivity index (χ1v) is 10.8. The Kier molecular flexibility index (Phi) is 5.19. The van der Waals surface area contributed by atoms with E-state index in [1.165, 1.54) is 21.9 Å². The second-order valence-electron chi connectivity index (χ2n) is 6.98. The standard InChI is InChI=1S/C23H16N4O5S/c1-2-31-15-9-7-14(8-10-15)21-24-23-26(25-21)22(28)20(33-23)13-16-11-12-19(32-16)17-5-3-4-6-18(17)27(29)30/h3-13H,2H2,1H3. The minimum atomic E-state index is -0.459. The SMILES string of the molecule is CCOc1ccc(-c2nc3sc(=Cc4ccc(-c5ccccc5[N+](=O)[O-])o4)c(=O)n3n2)cc1. The predicted molar refractivity (Wildman–Crippen MR) is 123 cm³/mol. The highest BCUT2D eigenvalue weighted by Crippen LogP contribution is 2.31. The van der Waals surface area contributed by atoms with Gasteiger partial charge in [0, 0.05) is 17.7 Å². The minimum absolute atomic E-state index is 0.0523. The molecule has 0 aliphatic heterocycles. The molecule has 0 unspecified atom stereocenters. The molecule has 0 radical (unpaired) electrons. The summed E-state index contributed by atoms with van der Waals surface area (Å²) in [6.07, 6.45) is 1.58. The maximum absolute atomic E-state index is 12.8. The maximum Gasteiger partial charge on any atom is 0.291 e. The molecule has 5 aromatic rings. The number of nitro benzene ring substituents is 1. The van der Waals surface area contributed by atoms with E-state index < -0.39 is 4.92 Å². The maximum atomic E-state index is 12.8. The average molecular weight is 460 g/mol. The Hall–Kier alpha value is -4.31. The average Bonchev–Trinajstić information content (AvgIpc) is 3.52. The fraction of sp³-hybridized carbons (Fsp3) is 0.0870. The van der Waals surface area contributed by atoms with Gasteiger partial charge in [-0.15, -0.1) is 5.10 Å². The summed E-state index contributed by atoms with van der Waals surface area (Å²) < 4.78 is 12.9. The van der Waals surface area contributed by atoms with E-state index in [0.29, 0.717) is 39.0 Å². The topological polar surface area (TPSA) is 113 Å². The summed E-state index contributed by atoms with van der Waals surface area (Å²) in [5.74, 6) is 1.95. The highest BCUT2D eigenvalue weighted by atomic mass is 32.1. The van der Waals surface area contributed by atoms with Crippen molar-refractivity contribution in [2.24, 2.45) is 0 Å². The first-order valence-electron chi connectivity index (χ1n) is 10.0. The molecule has 5 rings (SSSR count). The quantitative estimate of drug-likeness (QED) is 0.279. The Labute approximate surface area is 190 Å². The van der Waals surface area contributed by atoms with Crippen molar-refractivity contribution in [3.8, 4) is 28.5 Å². The molecule has 0 amide bonds. The van der Waals surface area contributed by atoms with Gasteiger partial charge in [0.1, 0.15) is 21.8 Å². The van der Waals surface area contributed by atoms with Gasteiger partial charge in [-0.25, -0.2) is 0 Å². The molecular formula is C23H16N4O5S. The van der Waals surface area contributed by atoms with Crippen LogP contribution in [0.25, 0.3) is 33.7 Å². The Morgan fingerprint density at radius 3 is 2.67 bits per heavy atom. The normalized spacial score (nSPS) is 11.8. The van der Waals surface area contributed by atoms with Crippen molar-refractivity contribution in [3.05, 3.63) is 91.4 Å². The number of hydrogen-bond donors (Lipinski definition) is 0. The van der Waals surface area contributed by atoms with Gasteiger partial charge in [0.15, 0.2) is 5.82 Å². The summed E-state index contributed by atoms with van der Waals surface area (Å²) in [5.41, 5.74) is 0.776. The molecule has 3 aromatic heterocycles. The summed E-state index contributed by atoms with van der Waals surface area (Å²) in [7, 11) is 0. The van der Waals surface area contributed by atoms with Gasteiger partial charge in [0.05, 0.1) is 17.1 Å². The molecule has 0 saturated carbocycles. The highest BCUT2D eigenvalue weighted by molar-refractivity contribution is 7.15. The van der Waals surface area contributed by atoms with Crippen LogP contribution in [-0.2, 0) is 0 Å². The van der Waals surface area contributed by atoms with E-state index in [9.17, 15) is 14.9 Å². The van der Waals surface area contributed by atoms with Crippen LogP contribution in [0.5, 0.6) is 5.75 Å². The molecule has 0 aliphatic carbocycles.